The quantitative estimate of drug-likeness (QED) is 0.216. The molecule has 0 unspecified atom stereocenters. The van der Waals surface area contributed by atoms with Gasteiger partial charge in [0.05, 0.1) is 0 Å². The predicted octanol–water partition coefficient (Wildman–Crippen LogP) is 8.36. The Kier molecular flexibility index (Phi) is 5.84. The van der Waals surface area contributed by atoms with Gasteiger partial charge in [-0.05, 0) is 0 Å². The van der Waals surface area contributed by atoms with Crippen LogP contribution in [0.1, 0.15) is 26.7 Å². The first-order valence-electron chi connectivity index (χ1n) is 12.2. The minimum atomic E-state index is -2.19. The summed E-state index contributed by atoms with van der Waals surface area (Å²) < 4.78 is 11.3. The van der Waals surface area contributed by atoms with E-state index >= 15 is 0 Å². The van der Waals surface area contributed by atoms with E-state index < -0.39 is 19.2 Å². The van der Waals surface area contributed by atoms with Crippen molar-refractivity contribution in [2.45, 2.75) is 37.0 Å². The molecule has 0 amide bonds. The van der Waals surface area contributed by atoms with Gasteiger partial charge in [0.1, 0.15) is 0 Å². The molecule has 0 aliphatic rings. The number of aromatic nitrogens is 2. The molecule has 4 heteroatoms. The van der Waals surface area contributed by atoms with Gasteiger partial charge in [-0.1, -0.05) is 6.07 Å². The molecule has 3 aromatic carbocycles. The van der Waals surface area contributed by atoms with Crippen molar-refractivity contribution in [2.24, 2.45) is 0 Å². The Bertz CT molecular complexity index is 1500. The number of fused-ring (bicyclic) bond motifs is 1. The Morgan fingerprint density at radius 1 is 0.824 bits per heavy atom. The van der Waals surface area contributed by atoms with Crippen molar-refractivity contribution in [1.82, 2.24) is 9.97 Å². The summed E-state index contributed by atoms with van der Waals surface area (Å²) in [5.74, 6) is 6.43. The van der Waals surface area contributed by atoms with Crippen molar-refractivity contribution < 1.29 is 1.37 Å². The summed E-state index contributed by atoms with van der Waals surface area (Å²) in [6.07, 6.45) is 2.05. The Morgan fingerprint density at radius 3 is 2.09 bits per heavy atom. The second-order valence-corrected chi connectivity index (χ2v) is 21.6. The monoisotopic (exact) mass is 525 g/mol. The van der Waals surface area contributed by atoms with Crippen molar-refractivity contribution in [2.75, 3.05) is 0 Å². The van der Waals surface area contributed by atoms with Gasteiger partial charge >= 0.3 is 205 Å². The van der Waals surface area contributed by atoms with Gasteiger partial charge < -0.3 is 0 Å². The van der Waals surface area contributed by atoms with Crippen LogP contribution in [0.4, 0.5) is 0 Å². The van der Waals surface area contributed by atoms with Gasteiger partial charge in [0.25, 0.3) is 0 Å². The number of rotatable bonds is 5. The van der Waals surface area contributed by atoms with Crippen LogP contribution in [-0.2, 0) is 0 Å². The molecule has 170 valence electrons. The van der Waals surface area contributed by atoms with E-state index in [1.54, 1.807) is 11.3 Å². The molecule has 34 heavy (non-hydrogen) atoms. The second-order valence-electron chi connectivity index (χ2n) is 9.99. The van der Waals surface area contributed by atoms with Gasteiger partial charge in [-0.2, -0.15) is 0 Å². The van der Waals surface area contributed by atoms with Gasteiger partial charge in [-0.3, -0.25) is 0 Å². The van der Waals surface area contributed by atoms with E-state index in [0.717, 1.165) is 48.7 Å². The summed E-state index contributed by atoms with van der Waals surface area (Å²) >= 11 is -0.471. The fourth-order valence-electron chi connectivity index (χ4n) is 4.34. The Morgan fingerprint density at radius 2 is 1.47 bits per heavy atom. The molecule has 5 aromatic rings. The molecule has 0 bridgehead atoms. The SMILES string of the molecule is [2H]C(C)(C)c1cc(-c2cc(-c3ccccc3)c3nc(-c4ccccc4)sc3c2)nc[c]1[Ge]([CH3])([CH3])[CH3]. The molecule has 0 atom stereocenters. The average molecular weight is 524 g/mol. The number of pyridine rings is 1. The molecule has 2 aromatic heterocycles. The number of hydrogen-bond donors (Lipinski definition) is 0. The zero-order valence-electron chi connectivity index (χ0n) is 21.4. The third-order valence-electron chi connectivity index (χ3n) is 6.15. The maximum absolute atomic E-state index is 8.85. The van der Waals surface area contributed by atoms with Crippen LogP contribution in [0.3, 0.4) is 0 Å². The molecule has 0 saturated carbocycles. The van der Waals surface area contributed by atoms with Crippen molar-refractivity contribution >= 4 is 39.2 Å². The van der Waals surface area contributed by atoms with E-state index in [2.05, 4.69) is 90.2 Å². The summed E-state index contributed by atoms with van der Waals surface area (Å²) in [4.78, 5) is 10.0. The number of thiazole rings is 1. The second kappa shape index (κ2) is 9.12. The first-order chi connectivity index (χ1) is 16.6. The maximum atomic E-state index is 8.85. The van der Waals surface area contributed by atoms with E-state index in [1.165, 1.54) is 4.40 Å². The fraction of sp³-hybridized carbons (Fsp3) is 0.200. The first kappa shape index (κ1) is 21.8. The average Bonchev–Trinajstić information content (AvgIpc) is 3.27. The molecular formula is C30H30GeN2S. The predicted molar refractivity (Wildman–Crippen MR) is 151 cm³/mol. The molecule has 2 nitrogen and oxygen atoms in total. The Labute approximate surface area is 210 Å². The van der Waals surface area contributed by atoms with E-state index in [0.29, 0.717) is 0 Å². The van der Waals surface area contributed by atoms with Gasteiger partial charge in [-0.25, -0.2) is 0 Å². The fourth-order valence-corrected chi connectivity index (χ4v) is 8.70. The molecule has 2 heterocycles. The third kappa shape index (κ3) is 4.47. The van der Waals surface area contributed by atoms with Crippen LogP contribution in [0.2, 0.25) is 17.3 Å². The van der Waals surface area contributed by atoms with Crippen molar-refractivity contribution in [3.63, 3.8) is 0 Å². The van der Waals surface area contributed by atoms with Crippen molar-refractivity contribution in [1.29, 1.82) is 0 Å². The first-order valence-corrected chi connectivity index (χ1v) is 19.8. The Balaban J connectivity index is 1.75. The van der Waals surface area contributed by atoms with Gasteiger partial charge in [0.15, 0.2) is 0 Å². The molecule has 0 saturated heterocycles. The molecule has 0 spiro atoms. The number of hydrogen-bond acceptors (Lipinski definition) is 3. The molecule has 0 aliphatic carbocycles. The van der Waals surface area contributed by atoms with Crippen LogP contribution in [0.25, 0.3) is 43.2 Å². The molecule has 5 rings (SSSR count). The van der Waals surface area contributed by atoms with E-state index in [4.69, 9.17) is 11.3 Å². The third-order valence-corrected chi connectivity index (χ3v) is 11.4. The summed E-state index contributed by atoms with van der Waals surface area (Å²) in [5.41, 5.74) is 7.50. The number of benzene rings is 3. The molecule has 0 N–H and O–H groups in total. The van der Waals surface area contributed by atoms with Gasteiger partial charge in [0, 0.05) is 0 Å². The van der Waals surface area contributed by atoms with Gasteiger partial charge in [-0.15, -0.1) is 0 Å². The van der Waals surface area contributed by atoms with E-state index in [9.17, 15) is 0 Å². The zero-order valence-corrected chi connectivity index (χ0v) is 23.3. The summed E-state index contributed by atoms with van der Waals surface area (Å²) in [5, 5.41) is 1.02. The molecule has 0 radical (unpaired) electrons. The van der Waals surface area contributed by atoms with Crippen LogP contribution >= 0.6 is 11.3 Å². The van der Waals surface area contributed by atoms with Crippen molar-refractivity contribution in [3.8, 4) is 33.0 Å². The molecule has 0 aliphatic heterocycles. The standard InChI is InChI=1S/C30H30GeN2S/c1-20(2)24-18-27(32-19-26(24)31(3,4)5)23-16-25(21-12-8-6-9-13-21)29-28(17-23)34-30(33-29)22-14-10-7-11-15-22/h6-20H,1-5H3/i20D. The summed E-state index contributed by atoms with van der Waals surface area (Å²) in [6.45, 7) is 3.97. The normalized spacial score (nSPS) is 12.7. The summed E-state index contributed by atoms with van der Waals surface area (Å²) in [6, 6.07) is 27.4. The van der Waals surface area contributed by atoms with E-state index in [-0.39, 0.29) is 0 Å². The number of nitrogens with zero attached hydrogens (tertiary/aromatic N) is 2. The van der Waals surface area contributed by atoms with Crippen LogP contribution in [0, 0.1) is 0 Å². The Hall–Kier alpha value is -2.76. The van der Waals surface area contributed by atoms with Crippen LogP contribution < -0.4 is 4.40 Å². The van der Waals surface area contributed by atoms with Crippen LogP contribution in [-0.4, -0.2) is 23.2 Å². The molecule has 0 fully saturated rings. The van der Waals surface area contributed by atoms with Gasteiger partial charge in [0.2, 0.25) is 0 Å². The molecular weight excluding hydrogens is 493 g/mol. The zero-order chi connectivity index (χ0) is 24.8. The minimum absolute atomic E-state index is 0.678. The van der Waals surface area contributed by atoms with Crippen LogP contribution in [0.15, 0.2) is 85.1 Å². The topological polar surface area (TPSA) is 25.8 Å². The van der Waals surface area contributed by atoms with E-state index in [1.807, 2.05) is 26.0 Å². The van der Waals surface area contributed by atoms with Crippen LogP contribution in [0.5, 0.6) is 0 Å². The van der Waals surface area contributed by atoms with Crippen molar-refractivity contribution in [3.05, 3.63) is 90.6 Å². The summed E-state index contributed by atoms with van der Waals surface area (Å²) in [7, 11) is 0.